The number of ether oxygens (including phenoxy) is 2. The van der Waals surface area contributed by atoms with Crippen molar-refractivity contribution in [2.45, 2.75) is 174 Å². The molecule has 0 radical (unpaired) electrons. The molecule has 0 aromatic rings. The maximum atomic E-state index is 12.6. The van der Waals surface area contributed by atoms with E-state index < -0.39 is 26.5 Å². The lowest BCUT2D eigenvalue weighted by Crippen LogP contribution is -2.37. The molecule has 1 unspecified atom stereocenters. The van der Waals surface area contributed by atoms with Crippen LogP contribution >= 0.6 is 7.82 Å². The van der Waals surface area contributed by atoms with Crippen molar-refractivity contribution in [3.8, 4) is 0 Å². The normalized spacial score (nSPS) is 14.0. The van der Waals surface area contributed by atoms with Gasteiger partial charge in [0.15, 0.2) is 6.10 Å². The first-order valence-corrected chi connectivity index (χ1v) is 22.2. The predicted molar refractivity (Wildman–Crippen MR) is 213 cm³/mol. The SMILES string of the molecule is CC/C=C\C/C=C\C/C=C\CCCCCCCC(=O)O[C@H](COC(=O)CCCCCCCCCCCCCCC)COP(=O)([O-])OCC[N+](C)(C)C. The van der Waals surface area contributed by atoms with E-state index in [1.807, 2.05) is 21.1 Å². The number of allylic oxidation sites excluding steroid dienone is 6. The van der Waals surface area contributed by atoms with Gasteiger partial charge in [0, 0.05) is 12.8 Å². The molecule has 0 rings (SSSR count). The third kappa shape index (κ3) is 38.0. The van der Waals surface area contributed by atoms with E-state index in [2.05, 4.69) is 50.3 Å². The third-order valence-electron chi connectivity index (χ3n) is 8.67. The van der Waals surface area contributed by atoms with E-state index in [4.69, 9.17) is 18.5 Å². The Kier molecular flexibility index (Phi) is 33.8. The van der Waals surface area contributed by atoms with Gasteiger partial charge in [-0.2, -0.15) is 0 Å². The van der Waals surface area contributed by atoms with Crippen LogP contribution in [0.4, 0.5) is 0 Å². The van der Waals surface area contributed by atoms with E-state index in [1.54, 1.807) is 0 Å². The van der Waals surface area contributed by atoms with Gasteiger partial charge in [0.25, 0.3) is 7.82 Å². The van der Waals surface area contributed by atoms with Crippen LogP contribution in [0.1, 0.15) is 168 Å². The average Bonchev–Trinajstić information content (AvgIpc) is 3.09. The minimum absolute atomic E-state index is 0.0341. The van der Waals surface area contributed by atoms with E-state index in [9.17, 15) is 19.0 Å². The predicted octanol–water partition coefficient (Wildman–Crippen LogP) is 10.7. The standard InChI is InChI=1S/C42H78NO8P/c1-6-8-10-12-14-16-18-20-21-23-25-27-29-31-33-35-42(45)51-40(39-50-52(46,47)49-37-36-43(3,4)5)38-48-41(44)34-32-30-28-26-24-22-19-17-15-13-11-9-7-2/h8,10,14,16,20-21,40H,6-7,9,11-13,15,17-19,22-39H2,1-5H3/b10-8-,16-14-,21-20-/t40-/m1/s1. The van der Waals surface area contributed by atoms with Gasteiger partial charge >= 0.3 is 11.9 Å². The summed E-state index contributed by atoms with van der Waals surface area (Å²) in [5, 5.41) is 0. The number of hydrogen-bond donors (Lipinski definition) is 0. The Hall–Kier alpha value is -1.77. The molecular formula is C42H78NO8P. The lowest BCUT2D eigenvalue weighted by molar-refractivity contribution is -0.870. The van der Waals surface area contributed by atoms with Gasteiger partial charge in [0.1, 0.15) is 19.8 Å². The Labute approximate surface area is 319 Å². The maximum absolute atomic E-state index is 12.6. The van der Waals surface area contributed by atoms with Crippen LogP contribution < -0.4 is 4.89 Å². The molecule has 0 spiro atoms. The molecule has 304 valence electrons. The lowest BCUT2D eigenvalue weighted by atomic mass is 10.0. The maximum Gasteiger partial charge on any atom is 0.306 e. The van der Waals surface area contributed by atoms with Crippen molar-refractivity contribution < 1.29 is 42.1 Å². The first-order chi connectivity index (χ1) is 25.0. The van der Waals surface area contributed by atoms with E-state index in [-0.39, 0.29) is 32.0 Å². The largest absolute Gasteiger partial charge is 0.756 e. The summed E-state index contributed by atoms with van der Waals surface area (Å²) in [5.41, 5.74) is 0. The van der Waals surface area contributed by atoms with Gasteiger partial charge in [-0.25, -0.2) is 0 Å². The number of hydrogen-bond acceptors (Lipinski definition) is 8. The van der Waals surface area contributed by atoms with E-state index in [1.165, 1.54) is 64.2 Å². The Balaban J connectivity index is 4.42. The summed E-state index contributed by atoms with van der Waals surface area (Å²) in [6.07, 6.45) is 37.4. The molecule has 2 atom stereocenters. The number of likely N-dealkylation sites (N-methyl/N-ethyl adjacent to an activating group) is 1. The number of carbonyl (C=O) groups is 2. The highest BCUT2D eigenvalue weighted by atomic mass is 31.2. The molecule has 0 fully saturated rings. The minimum Gasteiger partial charge on any atom is -0.756 e. The minimum atomic E-state index is -4.62. The molecule has 0 aromatic carbocycles. The summed E-state index contributed by atoms with van der Waals surface area (Å²) in [5.74, 6) is -0.853. The van der Waals surface area contributed by atoms with Crippen molar-refractivity contribution in [1.82, 2.24) is 0 Å². The van der Waals surface area contributed by atoms with Crippen molar-refractivity contribution in [1.29, 1.82) is 0 Å². The van der Waals surface area contributed by atoms with Gasteiger partial charge in [0.2, 0.25) is 0 Å². The van der Waals surface area contributed by atoms with Gasteiger partial charge in [-0.1, -0.05) is 147 Å². The van der Waals surface area contributed by atoms with Crippen LogP contribution in [0.2, 0.25) is 0 Å². The first-order valence-electron chi connectivity index (χ1n) is 20.7. The van der Waals surface area contributed by atoms with Crippen molar-refractivity contribution >= 4 is 19.8 Å². The molecule has 0 bridgehead atoms. The van der Waals surface area contributed by atoms with Crippen LogP contribution in [-0.4, -0.2) is 70.0 Å². The summed E-state index contributed by atoms with van der Waals surface area (Å²) in [4.78, 5) is 37.4. The van der Waals surface area contributed by atoms with Crippen LogP contribution in [0.25, 0.3) is 0 Å². The highest BCUT2D eigenvalue weighted by Crippen LogP contribution is 2.38. The molecule has 0 saturated heterocycles. The Morgan fingerprint density at radius 3 is 1.63 bits per heavy atom. The number of nitrogens with zero attached hydrogens (tertiary/aromatic N) is 1. The quantitative estimate of drug-likeness (QED) is 0.0203. The van der Waals surface area contributed by atoms with Crippen molar-refractivity contribution in [3.63, 3.8) is 0 Å². The molecule has 0 aliphatic heterocycles. The van der Waals surface area contributed by atoms with Crippen molar-refractivity contribution in [2.24, 2.45) is 0 Å². The average molecular weight is 756 g/mol. The monoisotopic (exact) mass is 756 g/mol. The van der Waals surface area contributed by atoms with Gasteiger partial charge in [-0.15, -0.1) is 0 Å². The van der Waals surface area contributed by atoms with Gasteiger partial charge in [-0.05, 0) is 44.9 Å². The Morgan fingerprint density at radius 1 is 0.615 bits per heavy atom. The number of esters is 2. The third-order valence-corrected chi connectivity index (χ3v) is 9.64. The number of phosphoric acid groups is 1. The second kappa shape index (κ2) is 35.0. The molecular weight excluding hydrogens is 677 g/mol. The Bertz CT molecular complexity index is 991. The molecule has 0 N–H and O–H groups in total. The summed E-state index contributed by atoms with van der Waals surface area (Å²) >= 11 is 0. The second-order valence-electron chi connectivity index (χ2n) is 15.0. The van der Waals surface area contributed by atoms with Crippen molar-refractivity contribution in [2.75, 3.05) is 47.5 Å². The Morgan fingerprint density at radius 2 is 1.10 bits per heavy atom. The van der Waals surface area contributed by atoms with Crippen LogP contribution in [0.5, 0.6) is 0 Å². The fourth-order valence-electron chi connectivity index (χ4n) is 5.43. The molecule has 52 heavy (non-hydrogen) atoms. The summed E-state index contributed by atoms with van der Waals surface area (Å²) in [7, 11) is 1.15. The van der Waals surface area contributed by atoms with Gasteiger partial charge in [-0.3, -0.25) is 14.2 Å². The molecule has 0 heterocycles. The highest BCUT2D eigenvalue weighted by molar-refractivity contribution is 7.45. The molecule has 0 aliphatic rings. The number of carbonyl (C=O) groups excluding carboxylic acids is 2. The van der Waals surface area contributed by atoms with Crippen LogP contribution in [0, 0.1) is 0 Å². The van der Waals surface area contributed by atoms with Crippen molar-refractivity contribution in [3.05, 3.63) is 36.5 Å². The fourth-order valence-corrected chi connectivity index (χ4v) is 6.16. The topological polar surface area (TPSA) is 111 Å². The fraction of sp³-hybridized carbons (Fsp3) is 0.810. The number of quaternary nitrogens is 1. The number of rotatable bonds is 37. The molecule has 10 heteroatoms. The van der Waals surface area contributed by atoms with Crippen LogP contribution in [0.3, 0.4) is 0 Å². The lowest BCUT2D eigenvalue weighted by Gasteiger charge is -2.28. The smallest absolute Gasteiger partial charge is 0.306 e. The summed E-state index contributed by atoms with van der Waals surface area (Å²) in [6.45, 7) is 4.09. The van der Waals surface area contributed by atoms with E-state index in [0.29, 0.717) is 17.4 Å². The second-order valence-corrected chi connectivity index (χ2v) is 16.4. The molecule has 0 amide bonds. The molecule has 0 saturated carbocycles. The molecule has 0 aliphatic carbocycles. The highest BCUT2D eigenvalue weighted by Gasteiger charge is 2.21. The van der Waals surface area contributed by atoms with Gasteiger partial charge in [0.05, 0.1) is 27.7 Å². The zero-order chi connectivity index (χ0) is 38.6. The zero-order valence-electron chi connectivity index (χ0n) is 34.0. The summed E-state index contributed by atoms with van der Waals surface area (Å²) in [6, 6.07) is 0. The molecule has 0 aromatic heterocycles. The summed E-state index contributed by atoms with van der Waals surface area (Å²) < 4.78 is 33.8. The van der Waals surface area contributed by atoms with Crippen LogP contribution in [0.15, 0.2) is 36.5 Å². The number of phosphoric ester groups is 1. The van der Waals surface area contributed by atoms with E-state index in [0.717, 1.165) is 70.6 Å². The number of unbranched alkanes of at least 4 members (excludes halogenated alkanes) is 17. The first kappa shape index (κ1) is 50.2. The molecule has 9 nitrogen and oxygen atoms in total. The van der Waals surface area contributed by atoms with Gasteiger partial charge < -0.3 is 27.9 Å². The van der Waals surface area contributed by atoms with Crippen LogP contribution in [-0.2, 0) is 32.7 Å². The van der Waals surface area contributed by atoms with E-state index >= 15 is 0 Å². The zero-order valence-corrected chi connectivity index (χ0v) is 34.9.